The summed E-state index contributed by atoms with van der Waals surface area (Å²) in [5, 5.41) is 0.681. The van der Waals surface area contributed by atoms with E-state index in [2.05, 4.69) is 49.6 Å². The number of benzene rings is 1. The van der Waals surface area contributed by atoms with Crippen LogP contribution in [0.5, 0.6) is 0 Å². The number of fused-ring (bicyclic) bond motifs is 1. The third kappa shape index (κ3) is 4.25. The first-order valence-corrected chi connectivity index (χ1v) is 10.1. The lowest BCUT2D eigenvalue weighted by molar-refractivity contribution is 0.0978. The topological polar surface area (TPSA) is 62.2 Å². The number of carbonyl (C=O) groups excluding carboxylic acids is 1. The molecule has 0 radical (unpaired) electrons. The van der Waals surface area contributed by atoms with Gasteiger partial charge in [-0.05, 0) is 31.3 Å². The summed E-state index contributed by atoms with van der Waals surface area (Å²) in [5.41, 5.74) is 1.21. The van der Waals surface area contributed by atoms with Gasteiger partial charge in [-0.1, -0.05) is 41.1 Å². The van der Waals surface area contributed by atoms with Gasteiger partial charge in [0.2, 0.25) is 0 Å². The zero-order chi connectivity index (χ0) is 18.5. The van der Waals surface area contributed by atoms with E-state index in [1.807, 2.05) is 18.2 Å². The third-order valence-corrected chi connectivity index (χ3v) is 5.67. The van der Waals surface area contributed by atoms with Crippen molar-refractivity contribution in [3.05, 3.63) is 47.0 Å². The molecule has 6 nitrogen and oxygen atoms in total. The molecule has 8 heteroatoms. The Hall–Kier alpha value is -1.90. The molecule has 2 aromatic heterocycles. The highest BCUT2D eigenvalue weighted by molar-refractivity contribution is 9.10. The summed E-state index contributed by atoms with van der Waals surface area (Å²) in [6.45, 7) is 7.45. The number of thiazole rings is 1. The summed E-state index contributed by atoms with van der Waals surface area (Å²) in [4.78, 5) is 29.9. The molecule has 26 heavy (non-hydrogen) atoms. The number of hydrogen-bond acceptors (Lipinski definition) is 6. The van der Waals surface area contributed by atoms with Gasteiger partial charge in [0.1, 0.15) is 5.69 Å². The van der Waals surface area contributed by atoms with E-state index in [1.54, 1.807) is 11.1 Å². The Bertz CT molecular complexity index is 882. The fourth-order valence-electron chi connectivity index (χ4n) is 2.61. The van der Waals surface area contributed by atoms with Crippen LogP contribution in [0.15, 0.2) is 41.3 Å². The normalized spacial score (nSPS) is 11.2. The molecular formula is C18H20BrN5OS. The van der Waals surface area contributed by atoms with Crippen molar-refractivity contribution in [2.24, 2.45) is 0 Å². The number of rotatable bonds is 7. The van der Waals surface area contributed by atoms with Gasteiger partial charge in [-0.2, -0.15) is 0 Å². The zero-order valence-corrected chi connectivity index (χ0v) is 17.1. The molecule has 0 aliphatic carbocycles. The fraction of sp³-hybridized carbons (Fsp3) is 0.333. The number of anilines is 1. The monoisotopic (exact) mass is 433 g/mol. The summed E-state index contributed by atoms with van der Waals surface area (Å²) in [6, 6.07) is 5.93. The van der Waals surface area contributed by atoms with Crippen LogP contribution in [0.3, 0.4) is 0 Å². The smallest absolute Gasteiger partial charge is 0.280 e. The lowest BCUT2D eigenvalue weighted by Crippen LogP contribution is -2.39. The molecule has 0 aliphatic heterocycles. The van der Waals surface area contributed by atoms with Gasteiger partial charge in [0, 0.05) is 30.0 Å². The number of likely N-dealkylation sites (N-methyl/N-ethyl adjacent to an activating group) is 1. The minimum absolute atomic E-state index is 0.177. The summed E-state index contributed by atoms with van der Waals surface area (Å²) in [6.07, 6.45) is 4.59. The van der Waals surface area contributed by atoms with Crippen LogP contribution in [-0.4, -0.2) is 51.9 Å². The lowest BCUT2D eigenvalue weighted by atomic mass is 10.3. The highest BCUT2D eigenvalue weighted by Gasteiger charge is 2.23. The van der Waals surface area contributed by atoms with E-state index in [0.29, 0.717) is 17.4 Å². The van der Waals surface area contributed by atoms with Gasteiger partial charge in [-0.15, -0.1) is 0 Å². The van der Waals surface area contributed by atoms with Crippen molar-refractivity contribution in [1.82, 2.24) is 19.9 Å². The Morgan fingerprint density at radius 2 is 2.00 bits per heavy atom. The number of aromatic nitrogens is 3. The summed E-state index contributed by atoms with van der Waals surface area (Å²) >= 11 is 4.99. The van der Waals surface area contributed by atoms with Crippen LogP contribution in [0.2, 0.25) is 0 Å². The molecule has 0 N–H and O–H groups in total. The molecule has 136 valence electrons. The average molecular weight is 434 g/mol. The van der Waals surface area contributed by atoms with Crippen LogP contribution >= 0.6 is 27.3 Å². The SMILES string of the molecule is CCN(CC)CCN(C(=O)c1cnccn1)c1nc2ccc(Br)cc2s1. The Kier molecular flexibility index (Phi) is 6.29. The van der Waals surface area contributed by atoms with Gasteiger partial charge in [-0.3, -0.25) is 14.7 Å². The Balaban J connectivity index is 1.94. The van der Waals surface area contributed by atoms with Crippen molar-refractivity contribution in [2.75, 3.05) is 31.1 Å². The lowest BCUT2D eigenvalue weighted by Gasteiger charge is -2.24. The van der Waals surface area contributed by atoms with Gasteiger partial charge in [0.05, 0.1) is 16.4 Å². The molecule has 1 aromatic carbocycles. The van der Waals surface area contributed by atoms with Gasteiger partial charge in [-0.25, -0.2) is 9.97 Å². The molecule has 0 bridgehead atoms. The van der Waals surface area contributed by atoms with E-state index in [-0.39, 0.29) is 5.91 Å². The molecule has 0 fully saturated rings. The minimum atomic E-state index is -0.177. The number of carbonyl (C=O) groups is 1. The fourth-order valence-corrected chi connectivity index (χ4v) is 4.16. The van der Waals surface area contributed by atoms with Crippen LogP contribution < -0.4 is 4.90 Å². The molecule has 0 aliphatic rings. The predicted molar refractivity (Wildman–Crippen MR) is 109 cm³/mol. The van der Waals surface area contributed by atoms with Crippen LogP contribution in [0.1, 0.15) is 24.3 Å². The second kappa shape index (κ2) is 8.66. The van der Waals surface area contributed by atoms with Gasteiger partial charge in [0.15, 0.2) is 5.13 Å². The summed E-state index contributed by atoms with van der Waals surface area (Å²) < 4.78 is 2.03. The minimum Gasteiger partial charge on any atom is -0.302 e. The van der Waals surface area contributed by atoms with Crippen LogP contribution in [0.25, 0.3) is 10.2 Å². The second-order valence-corrected chi connectivity index (χ2v) is 7.61. The molecule has 0 atom stereocenters. The van der Waals surface area contributed by atoms with E-state index in [9.17, 15) is 4.79 Å². The van der Waals surface area contributed by atoms with Gasteiger partial charge >= 0.3 is 0 Å². The van der Waals surface area contributed by atoms with Crippen molar-refractivity contribution in [2.45, 2.75) is 13.8 Å². The quantitative estimate of drug-likeness (QED) is 0.566. The van der Waals surface area contributed by atoms with E-state index < -0.39 is 0 Å². The van der Waals surface area contributed by atoms with Crippen LogP contribution in [-0.2, 0) is 0 Å². The molecule has 2 heterocycles. The highest BCUT2D eigenvalue weighted by Crippen LogP contribution is 2.31. The van der Waals surface area contributed by atoms with Crippen molar-refractivity contribution < 1.29 is 4.79 Å². The van der Waals surface area contributed by atoms with Crippen molar-refractivity contribution in [3.63, 3.8) is 0 Å². The average Bonchev–Trinajstić information content (AvgIpc) is 3.08. The van der Waals surface area contributed by atoms with Gasteiger partial charge in [0.25, 0.3) is 5.91 Å². The van der Waals surface area contributed by atoms with Crippen LogP contribution in [0.4, 0.5) is 5.13 Å². The number of nitrogens with zero attached hydrogens (tertiary/aromatic N) is 5. The van der Waals surface area contributed by atoms with E-state index in [1.165, 1.54) is 23.7 Å². The number of halogens is 1. The van der Waals surface area contributed by atoms with Gasteiger partial charge < -0.3 is 4.90 Å². The zero-order valence-electron chi connectivity index (χ0n) is 14.7. The first-order valence-electron chi connectivity index (χ1n) is 8.48. The molecule has 0 saturated heterocycles. The molecule has 0 saturated carbocycles. The van der Waals surface area contributed by atoms with E-state index >= 15 is 0 Å². The molecule has 0 spiro atoms. The largest absolute Gasteiger partial charge is 0.302 e. The molecule has 3 rings (SSSR count). The Morgan fingerprint density at radius 1 is 1.19 bits per heavy atom. The second-order valence-electron chi connectivity index (χ2n) is 5.68. The van der Waals surface area contributed by atoms with Crippen molar-refractivity contribution in [3.8, 4) is 0 Å². The van der Waals surface area contributed by atoms with E-state index in [0.717, 1.165) is 34.3 Å². The van der Waals surface area contributed by atoms with Crippen molar-refractivity contribution in [1.29, 1.82) is 0 Å². The first kappa shape index (κ1) is 18.9. The number of amides is 1. The molecule has 1 amide bonds. The number of hydrogen-bond donors (Lipinski definition) is 0. The molecule has 3 aromatic rings. The maximum absolute atomic E-state index is 13.0. The van der Waals surface area contributed by atoms with Crippen LogP contribution in [0, 0.1) is 0 Å². The summed E-state index contributed by atoms with van der Waals surface area (Å²) in [7, 11) is 0. The standard InChI is InChI=1S/C18H20BrN5OS/c1-3-23(4-2)9-10-24(17(25)15-12-20-7-8-21-15)18-22-14-6-5-13(19)11-16(14)26-18/h5-8,11-12H,3-4,9-10H2,1-2H3. The highest BCUT2D eigenvalue weighted by atomic mass is 79.9. The maximum atomic E-state index is 13.0. The van der Waals surface area contributed by atoms with E-state index in [4.69, 9.17) is 0 Å². The van der Waals surface area contributed by atoms with Crippen molar-refractivity contribution >= 4 is 48.5 Å². The first-order chi connectivity index (χ1) is 12.6. The predicted octanol–water partition coefficient (Wildman–Crippen LogP) is 3.84. The third-order valence-electron chi connectivity index (χ3n) is 4.13. The Morgan fingerprint density at radius 3 is 2.69 bits per heavy atom. The maximum Gasteiger partial charge on any atom is 0.280 e. The summed E-state index contributed by atoms with van der Waals surface area (Å²) in [5.74, 6) is -0.177. The molecular weight excluding hydrogens is 414 g/mol. The molecule has 0 unspecified atom stereocenters. The Labute approximate surface area is 165 Å².